The smallest absolute Gasteiger partial charge is 0.493 e. The number of nitrogens with zero attached hydrogens (tertiary/aromatic N) is 4. The van der Waals surface area contributed by atoms with Gasteiger partial charge in [-0.15, -0.1) is 13.2 Å². The second-order valence-corrected chi connectivity index (χ2v) is 6.90. The third-order valence-corrected chi connectivity index (χ3v) is 4.76. The van der Waals surface area contributed by atoms with E-state index in [-0.39, 0.29) is 18.1 Å². The van der Waals surface area contributed by atoms with Crippen LogP contribution >= 0.6 is 0 Å². The molecule has 1 saturated heterocycles. The van der Waals surface area contributed by atoms with Gasteiger partial charge in [0.05, 0.1) is 31.6 Å². The van der Waals surface area contributed by atoms with Gasteiger partial charge in [0.15, 0.2) is 0 Å². The molecule has 164 valence electrons. The highest BCUT2D eigenvalue weighted by atomic mass is 19.4. The molecule has 1 aromatic carbocycles. The fourth-order valence-corrected chi connectivity index (χ4v) is 3.35. The molecule has 0 saturated carbocycles. The van der Waals surface area contributed by atoms with Crippen LogP contribution in [0.2, 0.25) is 0 Å². The minimum Gasteiger partial charge on any atom is -0.493 e. The van der Waals surface area contributed by atoms with Crippen LogP contribution in [0.5, 0.6) is 11.6 Å². The van der Waals surface area contributed by atoms with E-state index in [1.165, 1.54) is 22.9 Å². The zero-order chi connectivity index (χ0) is 22.0. The van der Waals surface area contributed by atoms with Crippen LogP contribution in [0.4, 0.5) is 19.0 Å². The normalized spacial score (nSPS) is 14.6. The number of pyridine rings is 1. The SMILES string of the molecule is O=c1n(Cc2ccnc(N3CCOCC3)c2)cc(O)n1-c1ccc(OC(F)(F)F)cc1. The van der Waals surface area contributed by atoms with Crippen molar-refractivity contribution in [1.82, 2.24) is 14.1 Å². The third kappa shape index (κ3) is 4.82. The number of alkyl halides is 3. The largest absolute Gasteiger partial charge is 0.573 e. The Bertz CT molecular complexity index is 1100. The molecule has 0 aliphatic carbocycles. The molecule has 0 atom stereocenters. The zero-order valence-electron chi connectivity index (χ0n) is 16.2. The van der Waals surface area contributed by atoms with Crippen molar-refractivity contribution < 1.29 is 27.8 Å². The Labute approximate surface area is 174 Å². The molecule has 11 heteroatoms. The van der Waals surface area contributed by atoms with Crippen molar-refractivity contribution in [1.29, 1.82) is 0 Å². The summed E-state index contributed by atoms with van der Waals surface area (Å²) in [6, 6.07) is 8.31. The van der Waals surface area contributed by atoms with Gasteiger partial charge in [0.1, 0.15) is 11.6 Å². The topological polar surface area (TPSA) is 81.8 Å². The average Bonchev–Trinajstić information content (AvgIpc) is 3.01. The van der Waals surface area contributed by atoms with Gasteiger partial charge in [-0.3, -0.25) is 4.57 Å². The van der Waals surface area contributed by atoms with Crippen molar-refractivity contribution in [3.8, 4) is 17.3 Å². The molecule has 2 aromatic heterocycles. The molecule has 0 radical (unpaired) electrons. The van der Waals surface area contributed by atoms with E-state index in [1.807, 2.05) is 6.07 Å². The number of aromatic nitrogens is 3. The minimum atomic E-state index is -4.81. The quantitative estimate of drug-likeness (QED) is 0.662. The molecule has 1 fully saturated rings. The summed E-state index contributed by atoms with van der Waals surface area (Å²) in [4.78, 5) is 19.3. The van der Waals surface area contributed by atoms with Gasteiger partial charge in [0, 0.05) is 19.3 Å². The van der Waals surface area contributed by atoms with E-state index in [2.05, 4.69) is 14.6 Å². The highest BCUT2D eigenvalue weighted by molar-refractivity contribution is 5.42. The average molecular weight is 436 g/mol. The van der Waals surface area contributed by atoms with Crippen LogP contribution in [0.3, 0.4) is 0 Å². The maximum Gasteiger partial charge on any atom is 0.573 e. The number of ether oxygens (including phenoxy) is 2. The van der Waals surface area contributed by atoms with Crippen LogP contribution in [0, 0.1) is 0 Å². The molecule has 4 rings (SSSR count). The predicted molar refractivity (Wildman–Crippen MR) is 105 cm³/mol. The van der Waals surface area contributed by atoms with E-state index in [0.29, 0.717) is 13.2 Å². The first-order valence-corrected chi connectivity index (χ1v) is 9.45. The van der Waals surface area contributed by atoms with Crippen molar-refractivity contribution in [3.05, 3.63) is 64.8 Å². The van der Waals surface area contributed by atoms with Gasteiger partial charge in [-0.25, -0.2) is 14.3 Å². The van der Waals surface area contributed by atoms with Gasteiger partial charge in [-0.1, -0.05) is 0 Å². The fourth-order valence-electron chi connectivity index (χ4n) is 3.35. The number of aromatic hydroxyl groups is 1. The van der Waals surface area contributed by atoms with E-state index < -0.39 is 17.8 Å². The van der Waals surface area contributed by atoms with E-state index in [1.54, 1.807) is 12.3 Å². The predicted octanol–water partition coefficient (Wildman–Crippen LogP) is 2.52. The van der Waals surface area contributed by atoms with Crippen LogP contribution in [0.15, 0.2) is 53.6 Å². The second-order valence-electron chi connectivity index (χ2n) is 6.90. The lowest BCUT2D eigenvalue weighted by Gasteiger charge is -2.28. The Morgan fingerprint density at radius 1 is 1.13 bits per heavy atom. The second kappa shape index (κ2) is 8.34. The molecular weight excluding hydrogens is 417 g/mol. The highest BCUT2D eigenvalue weighted by Gasteiger charge is 2.31. The summed E-state index contributed by atoms with van der Waals surface area (Å²) in [5.74, 6) is 0.0188. The van der Waals surface area contributed by atoms with Crippen molar-refractivity contribution >= 4 is 5.82 Å². The van der Waals surface area contributed by atoms with Gasteiger partial charge >= 0.3 is 12.1 Å². The number of benzene rings is 1. The Kier molecular flexibility index (Phi) is 5.59. The Hall–Kier alpha value is -3.47. The van der Waals surface area contributed by atoms with Crippen LogP contribution < -0.4 is 15.3 Å². The van der Waals surface area contributed by atoms with Crippen LogP contribution in [0.25, 0.3) is 5.69 Å². The van der Waals surface area contributed by atoms with E-state index in [9.17, 15) is 23.1 Å². The van der Waals surface area contributed by atoms with Crippen LogP contribution in [-0.2, 0) is 11.3 Å². The van der Waals surface area contributed by atoms with Gasteiger partial charge in [-0.2, -0.15) is 0 Å². The maximum atomic E-state index is 12.8. The number of rotatable bonds is 5. The summed E-state index contributed by atoms with van der Waals surface area (Å²) < 4.78 is 48.4. The molecule has 1 N–H and O–H groups in total. The molecule has 8 nitrogen and oxygen atoms in total. The molecule has 3 heterocycles. The molecule has 1 aliphatic rings. The first kappa shape index (κ1) is 20.8. The van der Waals surface area contributed by atoms with Gasteiger partial charge in [0.25, 0.3) is 0 Å². The summed E-state index contributed by atoms with van der Waals surface area (Å²) in [5, 5.41) is 10.3. The van der Waals surface area contributed by atoms with E-state index >= 15 is 0 Å². The number of hydrogen-bond acceptors (Lipinski definition) is 6. The summed E-state index contributed by atoms with van der Waals surface area (Å²) in [5.41, 5.74) is 0.482. The molecule has 0 amide bonds. The standard InChI is InChI=1S/C20H19F3N4O4/c21-20(22,23)31-16-3-1-15(2-4-16)27-18(28)13-26(19(27)29)12-14-5-6-24-17(11-14)25-7-9-30-10-8-25/h1-6,11,13,28H,7-10,12H2. The molecule has 0 bridgehead atoms. The van der Waals surface area contributed by atoms with Crippen molar-refractivity contribution in [2.45, 2.75) is 12.9 Å². The summed E-state index contributed by atoms with van der Waals surface area (Å²) in [6.45, 7) is 2.88. The van der Waals surface area contributed by atoms with E-state index in [0.717, 1.165) is 41.2 Å². The highest BCUT2D eigenvalue weighted by Crippen LogP contribution is 2.24. The molecule has 0 spiro atoms. The van der Waals surface area contributed by atoms with Crippen molar-refractivity contribution in [2.75, 3.05) is 31.2 Å². The first-order valence-electron chi connectivity index (χ1n) is 9.45. The Balaban J connectivity index is 1.56. The summed E-state index contributed by atoms with van der Waals surface area (Å²) >= 11 is 0. The molecule has 0 unspecified atom stereocenters. The van der Waals surface area contributed by atoms with Crippen molar-refractivity contribution in [3.63, 3.8) is 0 Å². The molecule has 31 heavy (non-hydrogen) atoms. The maximum absolute atomic E-state index is 12.8. The monoisotopic (exact) mass is 436 g/mol. The van der Waals surface area contributed by atoms with Gasteiger partial charge < -0.3 is 19.5 Å². The summed E-state index contributed by atoms with van der Waals surface area (Å²) in [7, 11) is 0. The molecular formula is C20H19F3N4O4. The molecule has 3 aromatic rings. The number of morpholine rings is 1. The third-order valence-electron chi connectivity index (χ3n) is 4.76. The summed E-state index contributed by atoms with van der Waals surface area (Å²) in [6.07, 6.45) is -1.88. The van der Waals surface area contributed by atoms with Gasteiger partial charge in [-0.05, 0) is 42.0 Å². The fraction of sp³-hybridized carbons (Fsp3) is 0.300. The van der Waals surface area contributed by atoms with Crippen LogP contribution in [-0.4, -0.2) is 51.9 Å². The Morgan fingerprint density at radius 3 is 2.52 bits per heavy atom. The molecule has 1 aliphatic heterocycles. The lowest BCUT2D eigenvalue weighted by Crippen LogP contribution is -2.36. The lowest BCUT2D eigenvalue weighted by molar-refractivity contribution is -0.274. The zero-order valence-corrected chi connectivity index (χ0v) is 16.2. The van der Waals surface area contributed by atoms with E-state index in [4.69, 9.17) is 4.74 Å². The van der Waals surface area contributed by atoms with Gasteiger partial charge in [0.2, 0.25) is 5.88 Å². The number of imidazole rings is 1. The Morgan fingerprint density at radius 2 is 1.84 bits per heavy atom. The number of halogens is 3. The van der Waals surface area contributed by atoms with Crippen LogP contribution in [0.1, 0.15) is 5.56 Å². The van der Waals surface area contributed by atoms with Crippen molar-refractivity contribution in [2.24, 2.45) is 0 Å². The number of anilines is 1. The lowest BCUT2D eigenvalue weighted by atomic mass is 10.2. The first-order chi connectivity index (χ1) is 14.8. The number of hydrogen-bond donors (Lipinski definition) is 1. The minimum absolute atomic E-state index is 0.189.